The SMILES string of the molecule is CN=C(NCC1(N2CCCC2)CCOCC1)N1CCC2(CCC2)C1.I. The lowest BCUT2D eigenvalue weighted by molar-refractivity contribution is -0.0166. The van der Waals surface area contributed by atoms with Gasteiger partial charge in [-0.25, -0.2) is 0 Å². The van der Waals surface area contributed by atoms with E-state index in [1.54, 1.807) is 0 Å². The van der Waals surface area contributed by atoms with Crippen LogP contribution in [0.5, 0.6) is 0 Å². The zero-order chi connectivity index (χ0) is 16.5. The fourth-order valence-corrected chi connectivity index (χ4v) is 5.32. The molecule has 4 rings (SSSR count). The molecule has 0 bridgehead atoms. The minimum Gasteiger partial charge on any atom is -0.381 e. The highest BCUT2D eigenvalue weighted by Gasteiger charge is 2.44. The van der Waals surface area contributed by atoms with Gasteiger partial charge in [-0.1, -0.05) is 6.42 Å². The van der Waals surface area contributed by atoms with E-state index in [-0.39, 0.29) is 29.5 Å². The van der Waals surface area contributed by atoms with Crippen molar-refractivity contribution in [1.82, 2.24) is 15.1 Å². The Balaban J connectivity index is 0.00000182. The molecule has 0 atom stereocenters. The van der Waals surface area contributed by atoms with Crippen molar-refractivity contribution < 1.29 is 4.74 Å². The van der Waals surface area contributed by atoms with Gasteiger partial charge in [0, 0.05) is 45.4 Å². The molecular weight excluding hydrogens is 427 g/mol. The number of halogens is 1. The van der Waals surface area contributed by atoms with Crippen LogP contribution in [0, 0.1) is 5.41 Å². The maximum Gasteiger partial charge on any atom is 0.193 e. The molecule has 144 valence electrons. The van der Waals surface area contributed by atoms with Gasteiger partial charge >= 0.3 is 0 Å². The Morgan fingerprint density at radius 1 is 1.00 bits per heavy atom. The van der Waals surface area contributed by atoms with Crippen molar-refractivity contribution in [2.45, 2.75) is 56.9 Å². The zero-order valence-electron chi connectivity index (χ0n) is 15.8. The van der Waals surface area contributed by atoms with Crippen LogP contribution in [-0.2, 0) is 4.74 Å². The molecule has 1 aliphatic carbocycles. The first-order valence-corrected chi connectivity index (χ1v) is 10.0. The Labute approximate surface area is 170 Å². The van der Waals surface area contributed by atoms with Crippen LogP contribution in [0.2, 0.25) is 0 Å². The molecule has 0 aromatic rings. The number of nitrogens with one attached hydrogen (secondary N) is 1. The average Bonchev–Trinajstić information content (AvgIpc) is 3.26. The average molecular weight is 462 g/mol. The molecule has 25 heavy (non-hydrogen) atoms. The minimum absolute atomic E-state index is 0. The van der Waals surface area contributed by atoms with Crippen LogP contribution in [0.1, 0.15) is 51.4 Å². The maximum absolute atomic E-state index is 5.67. The number of rotatable bonds is 3. The molecule has 3 aliphatic heterocycles. The van der Waals surface area contributed by atoms with Crippen molar-refractivity contribution in [2.75, 3.05) is 53.0 Å². The van der Waals surface area contributed by atoms with Crippen molar-refractivity contribution in [1.29, 1.82) is 0 Å². The summed E-state index contributed by atoms with van der Waals surface area (Å²) >= 11 is 0. The minimum atomic E-state index is 0. The molecular formula is C19H35IN4O. The number of hydrogen-bond donors (Lipinski definition) is 1. The standard InChI is InChI=1S/C19H34N4O.HI/c1-20-17(22-12-7-18(16-22)5-4-6-18)21-15-19(8-13-24-14-9-19)23-10-2-3-11-23;/h2-16H2,1H3,(H,20,21);1H. The molecule has 0 amide bonds. The van der Waals surface area contributed by atoms with Crippen LogP contribution < -0.4 is 5.32 Å². The number of likely N-dealkylation sites (tertiary alicyclic amines) is 2. The highest BCUT2D eigenvalue weighted by atomic mass is 127. The second-order valence-electron chi connectivity index (χ2n) is 8.46. The van der Waals surface area contributed by atoms with Crippen LogP contribution in [0.15, 0.2) is 4.99 Å². The van der Waals surface area contributed by atoms with Crippen molar-refractivity contribution in [3.8, 4) is 0 Å². The van der Waals surface area contributed by atoms with Gasteiger partial charge in [-0.3, -0.25) is 9.89 Å². The Morgan fingerprint density at radius 2 is 1.72 bits per heavy atom. The van der Waals surface area contributed by atoms with E-state index in [0.717, 1.165) is 38.6 Å². The Hall–Kier alpha value is -0.0800. The van der Waals surface area contributed by atoms with E-state index in [1.165, 1.54) is 64.7 Å². The zero-order valence-corrected chi connectivity index (χ0v) is 18.1. The van der Waals surface area contributed by atoms with Gasteiger partial charge in [0.05, 0.1) is 0 Å². The Bertz CT molecular complexity index is 468. The smallest absolute Gasteiger partial charge is 0.193 e. The van der Waals surface area contributed by atoms with Crippen LogP contribution >= 0.6 is 24.0 Å². The molecule has 0 radical (unpaired) electrons. The summed E-state index contributed by atoms with van der Waals surface area (Å²) < 4.78 is 5.67. The lowest BCUT2D eigenvalue weighted by atomic mass is 9.68. The van der Waals surface area contributed by atoms with Gasteiger partial charge in [0.1, 0.15) is 0 Å². The molecule has 0 aromatic heterocycles. The number of nitrogens with zero attached hydrogens (tertiary/aromatic N) is 3. The normalized spacial score (nSPS) is 28.7. The fourth-order valence-electron chi connectivity index (χ4n) is 5.32. The van der Waals surface area contributed by atoms with Crippen molar-refractivity contribution in [2.24, 2.45) is 10.4 Å². The summed E-state index contributed by atoms with van der Waals surface area (Å²) in [5.41, 5.74) is 0.904. The summed E-state index contributed by atoms with van der Waals surface area (Å²) in [4.78, 5) is 9.86. The summed E-state index contributed by atoms with van der Waals surface area (Å²) in [5, 5.41) is 3.76. The number of aliphatic imine (C=N–C) groups is 1. The number of guanidine groups is 1. The van der Waals surface area contributed by atoms with Gasteiger partial charge in [-0.2, -0.15) is 0 Å². The summed E-state index contributed by atoms with van der Waals surface area (Å²) in [6.45, 7) is 7.74. The molecule has 4 fully saturated rings. The molecule has 0 aromatic carbocycles. The van der Waals surface area contributed by atoms with Crippen LogP contribution in [-0.4, -0.2) is 74.3 Å². The van der Waals surface area contributed by atoms with Gasteiger partial charge in [0.15, 0.2) is 5.96 Å². The molecule has 1 N–H and O–H groups in total. The van der Waals surface area contributed by atoms with Crippen molar-refractivity contribution >= 4 is 29.9 Å². The Morgan fingerprint density at radius 3 is 2.28 bits per heavy atom. The van der Waals surface area contributed by atoms with E-state index in [1.807, 2.05) is 7.05 Å². The molecule has 3 heterocycles. The van der Waals surface area contributed by atoms with E-state index in [2.05, 4.69) is 20.1 Å². The molecule has 5 nitrogen and oxygen atoms in total. The maximum atomic E-state index is 5.67. The predicted molar refractivity (Wildman–Crippen MR) is 113 cm³/mol. The third-order valence-electron chi connectivity index (χ3n) is 7.14. The van der Waals surface area contributed by atoms with E-state index in [9.17, 15) is 0 Å². The molecule has 0 unspecified atom stereocenters. The summed E-state index contributed by atoms with van der Waals surface area (Å²) in [5.74, 6) is 1.13. The topological polar surface area (TPSA) is 40.1 Å². The quantitative estimate of drug-likeness (QED) is 0.398. The highest BCUT2D eigenvalue weighted by molar-refractivity contribution is 14.0. The monoisotopic (exact) mass is 462 g/mol. The summed E-state index contributed by atoms with van der Waals surface area (Å²) in [7, 11) is 1.95. The third kappa shape index (κ3) is 3.95. The summed E-state index contributed by atoms with van der Waals surface area (Å²) in [6, 6.07) is 0. The van der Waals surface area contributed by atoms with Gasteiger partial charge in [-0.15, -0.1) is 24.0 Å². The predicted octanol–water partition coefficient (Wildman–Crippen LogP) is 2.70. The third-order valence-corrected chi connectivity index (χ3v) is 7.14. The first-order valence-electron chi connectivity index (χ1n) is 10.0. The van der Waals surface area contributed by atoms with E-state index in [0.29, 0.717) is 5.41 Å². The van der Waals surface area contributed by atoms with Gasteiger partial charge in [0.25, 0.3) is 0 Å². The number of hydrogen-bond acceptors (Lipinski definition) is 3. The fraction of sp³-hybridized carbons (Fsp3) is 0.947. The van der Waals surface area contributed by atoms with Gasteiger partial charge in [-0.05, 0) is 63.5 Å². The Kier molecular flexibility index (Phi) is 6.53. The number of ether oxygens (including phenoxy) is 1. The van der Waals surface area contributed by atoms with Gasteiger partial charge < -0.3 is 15.0 Å². The van der Waals surface area contributed by atoms with Gasteiger partial charge in [0.2, 0.25) is 0 Å². The molecule has 3 saturated heterocycles. The lowest BCUT2D eigenvalue weighted by Crippen LogP contribution is -2.59. The van der Waals surface area contributed by atoms with E-state index in [4.69, 9.17) is 4.74 Å². The first kappa shape index (κ1) is 19.7. The molecule has 4 aliphatic rings. The highest BCUT2D eigenvalue weighted by Crippen LogP contribution is 2.47. The largest absolute Gasteiger partial charge is 0.381 e. The van der Waals surface area contributed by atoms with E-state index >= 15 is 0 Å². The lowest BCUT2D eigenvalue weighted by Gasteiger charge is -2.45. The molecule has 6 heteroatoms. The molecule has 1 saturated carbocycles. The van der Waals surface area contributed by atoms with Crippen LogP contribution in [0.25, 0.3) is 0 Å². The van der Waals surface area contributed by atoms with Crippen molar-refractivity contribution in [3.05, 3.63) is 0 Å². The second-order valence-corrected chi connectivity index (χ2v) is 8.46. The van der Waals surface area contributed by atoms with Crippen LogP contribution in [0.4, 0.5) is 0 Å². The van der Waals surface area contributed by atoms with E-state index < -0.39 is 0 Å². The second kappa shape index (κ2) is 8.30. The molecule has 1 spiro atoms. The van der Waals surface area contributed by atoms with Crippen molar-refractivity contribution in [3.63, 3.8) is 0 Å². The van der Waals surface area contributed by atoms with Crippen LogP contribution in [0.3, 0.4) is 0 Å². The summed E-state index contributed by atoms with van der Waals surface area (Å²) in [6.07, 6.45) is 10.7. The first-order chi connectivity index (χ1) is 11.8.